The molecule has 94 valence electrons. The molecule has 0 saturated carbocycles. The van der Waals surface area contributed by atoms with Crippen LogP contribution in [0, 0.1) is 13.8 Å². The molecule has 0 aliphatic carbocycles. The van der Waals surface area contributed by atoms with Gasteiger partial charge in [0.15, 0.2) is 0 Å². The summed E-state index contributed by atoms with van der Waals surface area (Å²) in [5.74, 6) is 2.38. The lowest BCUT2D eigenvalue weighted by Gasteiger charge is -2.05. The van der Waals surface area contributed by atoms with Crippen LogP contribution >= 0.6 is 0 Å². The van der Waals surface area contributed by atoms with Crippen LogP contribution < -0.4 is 0 Å². The lowest BCUT2D eigenvalue weighted by atomic mass is 10.2. The van der Waals surface area contributed by atoms with Crippen LogP contribution in [0.15, 0.2) is 48.5 Å². The van der Waals surface area contributed by atoms with E-state index in [1.54, 1.807) is 0 Å². The van der Waals surface area contributed by atoms with Crippen LogP contribution in [0.5, 0.6) is 0 Å². The van der Waals surface area contributed by atoms with E-state index in [9.17, 15) is 0 Å². The molecule has 0 saturated heterocycles. The molecule has 0 N–H and O–H groups in total. The van der Waals surface area contributed by atoms with Crippen molar-refractivity contribution in [2.75, 3.05) is 6.26 Å². The minimum Gasteiger partial charge on any atom is -0.0589 e. The average Bonchev–Trinajstić information content (AvgIpc) is 2.35. The normalized spacial score (nSPS) is 10.9. The van der Waals surface area contributed by atoms with Crippen LogP contribution in [0.25, 0.3) is 0 Å². The maximum Gasteiger partial charge on any atom is 0.133 e. The topological polar surface area (TPSA) is 0 Å². The molecule has 0 heterocycles. The molecule has 2 aromatic carbocycles. The summed E-state index contributed by atoms with van der Waals surface area (Å²) in [7, 11) is 0.415. The van der Waals surface area contributed by atoms with Crippen molar-refractivity contribution in [1.29, 1.82) is 0 Å². The van der Waals surface area contributed by atoms with E-state index in [1.165, 1.54) is 33.8 Å². The first-order valence-electron chi connectivity index (χ1n) is 6.34. The number of hydrogen-bond acceptors (Lipinski definition) is 0. The van der Waals surface area contributed by atoms with Crippen molar-refractivity contribution in [3.05, 3.63) is 70.8 Å². The van der Waals surface area contributed by atoms with Gasteiger partial charge in [0.2, 0.25) is 0 Å². The molecule has 0 aliphatic rings. The van der Waals surface area contributed by atoms with Crippen LogP contribution in [0.4, 0.5) is 0 Å². The zero-order valence-corrected chi connectivity index (χ0v) is 12.3. The minimum absolute atomic E-state index is 0.415. The first-order chi connectivity index (χ1) is 8.63. The van der Waals surface area contributed by atoms with Crippen molar-refractivity contribution < 1.29 is 0 Å². The van der Waals surface area contributed by atoms with E-state index in [0.29, 0.717) is 10.9 Å². The smallest absolute Gasteiger partial charge is 0.0589 e. The summed E-state index contributed by atoms with van der Waals surface area (Å²) in [6, 6.07) is 17.9. The highest BCUT2D eigenvalue weighted by molar-refractivity contribution is 7.94. The summed E-state index contributed by atoms with van der Waals surface area (Å²) in [6.07, 6.45) is 2.36. The van der Waals surface area contributed by atoms with Crippen LogP contribution in [0.1, 0.15) is 22.3 Å². The lowest BCUT2D eigenvalue weighted by molar-refractivity contribution is 1.31. The molecule has 0 radical (unpaired) electrons. The Morgan fingerprint density at radius 1 is 0.667 bits per heavy atom. The second kappa shape index (κ2) is 6.10. The highest BCUT2D eigenvalue weighted by Gasteiger charge is 2.12. The van der Waals surface area contributed by atoms with Gasteiger partial charge in [0.1, 0.15) is 11.5 Å². The average molecular weight is 257 g/mol. The third-order valence-electron chi connectivity index (χ3n) is 3.07. The van der Waals surface area contributed by atoms with Crippen molar-refractivity contribution in [2.45, 2.75) is 25.4 Å². The molecule has 0 unspecified atom stereocenters. The molecule has 2 rings (SSSR count). The molecule has 0 aromatic heterocycles. The lowest BCUT2D eigenvalue weighted by Crippen LogP contribution is -2.06. The number of aryl methyl sites for hydroxylation is 2. The number of hydrogen-bond donors (Lipinski definition) is 0. The quantitative estimate of drug-likeness (QED) is 0.718. The molecule has 1 heteroatoms. The van der Waals surface area contributed by atoms with Crippen LogP contribution in [0.3, 0.4) is 0 Å². The zero-order chi connectivity index (χ0) is 13.0. The molecule has 0 fully saturated rings. The summed E-state index contributed by atoms with van der Waals surface area (Å²) in [5.41, 5.74) is 5.60. The predicted octanol–water partition coefficient (Wildman–Crippen LogP) is 4.25. The van der Waals surface area contributed by atoms with Gasteiger partial charge in [-0.3, -0.25) is 0 Å². The standard InChI is InChI=1S/C17H21S/c1-14-4-8-16(9-5-14)12-18(3)13-17-10-6-15(2)7-11-17/h4-11H,12-13H2,1-3H3/q+1. The van der Waals surface area contributed by atoms with Crippen molar-refractivity contribution in [1.82, 2.24) is 0 Å². The zero-order valence-electron chi connectivity index (χ0n) is 11.4. The Labute approximate surface area is 113 Å². The van der Waals surface area contributed by atoms with Gasteiger partial charge in [0.05, 0.1) is 6.26 Å². The Morgan fingerprint density at radius 2 is 1.00 bits per heavy atom. The number of benzene rings is 2. The molecule has 0 bridgehead atoms. The van der Waals surface area contributed by atoms with Gasteiger partial charge < -0.3 is 0 Å². The van der Waals surface area contributed by atoms with Gasteiger partial charge >= 0.3 is 0 Å². The van der Waals surface area contributed by atoms with Crippen LogP contribution in [-0.4, -0.2) is 6.26 Å². The van der Waals surface area contributed by atoms with Gasteiger partial charge in [-0.2, -0.15) is 0 Å². The molecule has 0 nitrogen and oxygen atoms in total. The minimum atomic E-state index is 0.415. The van der Waals surface area contributed by atoms with Gasteiger partial charge in [0, 0.05) is 11.1 Å². The first-order valence-corrected chi connectivity index (χ1v) is 8.31. The molecule has 18 heavy (non-hydrogen) atoms. The van der Waals surface area contributed by atoms with E-state index in [2.05, 4.69) is 68.6 Å². The highest BCUT2D eigenvalue weighted by Crippen LogP contribution is 2.14. The van der Waals surface area contributed by atoms with E-state index < -0.39 is 0 Å². The first kappa shape index (κ1) is 13.2. The van der Waals surface area contributed by atoms with Gasteiger partial charge in [0.25, 0.3) is 0 Å². The van der Waals surface area contributed by atoms with E-state index >= 15 is 0 Å². The van der Waals surface area contributed by atoms with Gasteiger partial charge in [-0.15, -0.1) is 0 Å². The molecular weight excluding hydrogens is 236 g/mol. The van der Waals surface area contributed by atoms with Gasteiger partial charge in [-0.25, -0.2) is 0 Å². The Bertz CT molecular complexity index is 435. The van der Waals surface area contributed by atoms with Crippen molar-refractivity contribution in [3.63, 3.8) is 0 Å². The van der Waals surface area contributed by atoms with E-state index in [1.807, 2.05) is 0 Å². The second-order valence-electron chi connectivity index (χ2n) is 5.04. The van der Waals surface area contributed by atoms with Crippen molar-refractivity contribution in [3.8, 4) is 0 Å². The monoisotopic (exact) mass is 257 g/mol. The van der Waals surface area contributed by atoms with Crippen molar-refractivity contribution in [2.24, 2.45) is 0 Å². The molecule has 0 aliphatic heterocycles. The third-order valence-corrected chi connectivity index (χ3v) is 4.72. The Hall–Kier alpha value is -1.21. The summed E-state index contributed by atoms with van der Waals surface area (Å²) in [6.45, 7) is 4.28. The SMILES string of the molecule is Cc1ccc(C[S+](C)Cc2ccc(C)cc2)cc1. The van der Waals surface area contributed by atoms with Gasteiger partial charge in [-0.05, 0) is 24.7 Å². The van der Waals surface area contributed by atoms with Crippen LogP contribution in [-0.2, 0) is 22.4 Å². The second-order valence-corrected chi connectivity index (χ2v) is 7.18. The fourth-order valence-electron chi connectivity index (χ4n) is 1.99. The van der Waals surface area contributed by atoms with Gasteiger partial charge in [-0.1, -0.05) is 59.7 Å². The fourth-order valence-corrected chi connectivity index (χ4v) is 3.61. The van der Waals surface area contributed by atoms with E-state index in [-0.39, 0.29) is 0 Å². The predicted molar refractivity (Wildman–Crippen MR) is 83.1 cm³/mol. The largest absolute Gasteiger partial charge is 0.133 e. The Morgan fingerprint density at radius 3 is 1.33 bits per heavy atom. The molecule has 0 spiro atoms. The Balaban J connectivity index is 1.94. The third kappa shape index (κ3) is 3.92. The summed E-state index contributed by atoms with van der Waals surface area (Å²) < 4.78 is 0. The van der Waals surface area contributed by atoms with E-state index in [0.717, 1.165) is 0 Å². The number of rotatable bonds is 4. The van der Waals surface area contributed by atoms with Crippen molar-refractivity contribution >= 4 is 10.9 Å². The van der Waals surface area contributed by atoms with E-state index in [4.69, 9.17) is 0 Å². The maximum atomic E-state index is 2.36. The summed E-state index contributed by atoms with van der Waals surface area (Å²) in [5, 5.41) is 0. The molecule has 0 atom stereocenters. The molecular formula is C17H21S+. The van der Waals surface area contributed by atoms with Crippen LogP contribution in [0.2, 0.25) is 0 Å². The Kier molecular flexibility index (Phi) is 4.48. The molecule has 2 aromatic rings. The molecule has 0 amide bonds. The summed E-state index contributed by atoms with van der Waals surface area (Å²) in [4.78, 5) is 0. The highest BCUT2D eigenvalue weighted by atomic mass is 32.2. The maximum absolute atomic E-state index is 2.36. The fraction of sp³-hybridized carbons (Fsp3) is 0.294. The summed E-state index contributed by atoms with van der Waals surface area (Å²) >= 11 is 0.